The van der Waals surface area contributed by atoms with Gasteiger partial charge in [0.05, 0.1) is 10.0 Å². The van der Waals surface area contributed by atoms with Crippen molar-refractivity contribution in [3.8, 4) is 11.5 Å². The summed E-state index contributed by atoms with van der Waals surface area (Å²) in [6, 6.07) is 4.96. The maximum Gasteiger partial charge on any atom is 0.250 e. The van der Waals surface area contributed by atoms with Gasteiger partial charge in [0.1, 0.15) is 5.82 Å². The fraction of sp³-hybridized carbons (Fsp3) is 0.333. The molecule has 1 aromatic carbocycles. The van der Waals surface area contributed by atoms with Crippen LogP contribution in [-0.2, 0) is 5.41 Å². The summed E-state index contributed by atoms with van der Waals surface area (Å²) in [5, 5.41) is 7.81. The van der Waals surface area contributed by atoms with Crippen LogP contribution in [0.4, 0.5) is 4.39 Å². The molecule has 0 unspecified atom stereocenters. The molecule has 3 nitrogen and oxygen atoms in total. The fourth-order valence-corrected chi connectivity index (χ4v) is 1.67. The van der Waals surface area contributed by atoms with Gasteiger partial charge in [-0.25, -0.2) is 4.39 Å². The van der Waals surface area contributed by atoms with Crippen molar-refractivity contribution in [1.82, 2.24) is 10.2 Å². The summed E-state index contributed by atoms with van der Waals surface area (Å²) in [7, 11) is 0. The quantitative estimate of drug-likeness (QED) is 0.800. The topological polar surface area (TPSA) is 38.9 Å². The van der Waals surface area contributed by atoms with Crippen LogP contribution >= 0.6 is 15.9 Å². The normalized spacial score (nSPS) is 11.8. The molecule has 0 saturated heterocycles. The SMILES string of the molecule is CC(C)(C)c1nnc(-c2cccc(Br)c2F)o1. The van der Waals surface area contributed by atoms with Crippen molar-refractivity contribution in [2.75, 3.05) is 0 Å². The van der Waals surface area contributed by atoms with Gasteiger partial charge in [0, 0.05) is 5.41 Å². The third-order valence-electron chi connectivity index (χ3n) is 2.25. The van der Waals surface area contributed by atoms with Gasteiger partial charge in [0.2, 0.25) is 5.89 Å². The van der Waals surface area contributed by atoms with E-state index < -0.39 is 5.82 Å². The van der Waals surface area contributed by atoms with Crippen molar-refractivity contribution in [1.29, 1.82) is 0 Å². The van der Waals surface area contributed by atoms with Crippen LogP contribution in [0.2, 0.25) is 0 Å². The number of aromatic nitrogens is 2. The Morgan fingerprint density at radius 1 is 1.24 bits per heavy atom. The predicted octanol–water partition coefficient (Wildman–Crippen LogP) is 3.94. The van der Waals surface area contributed by atoms with Gasteiger partial charge in [-0.2, -0.15) is 0 Å². The first-order valence-corrected chi connectivity index (χ1v) is 5.97. The van der Waals surface area contributed by atoms with Gasteiger partial charge in [-0.3, -0.25) is 0 Å². The van der Waals surface area contributed by atoms with Gasteiger partial charge in [-0.15, -0.1) is 10.2 Å². The first-order chi connectivity index (χ1) is 7.89. The van der Waals surface area contributed by atoms with E-state index in [9.17, 15) is 4.39 Å². The van der Waals surface area contributed by atoms with Crippen molar-refractivity contribution in [2.24, 2.45) is 0 Å². The van der Waals surface area contributed by atoms with Gasteiger partial charge < -0.3 is 4.42 Å². The molecule has 0 aliphatic carbocycles. The Bertz CT molecular complexity index is 546. The van der Waals surface area contributed by atoms with Crippen LogP contribution in [0.5, 0.6) is 0 Å². The van der Waals surface area contributed by atoms with Crippen LogP contribution in [0.3, 0.4) is 0 Å². The maximum atomic E-state index is 13.8. The van der Waals surface area contributed by atoms with E-state index in [-0.39, 0.29) is 11.3 Å². The molecule has 0 N–H and O–H groups in total. The van der Waals surface area contributed by atoms with E-state index in [2.05, 4.69) is 26.1 Å². The number of nitrogens with zero attached hydrogens (tertiary/aromatic N) is 2. The molecule has 0 amide bonds. The molecule has 0 spiro atoms. The molecule has 1 heterocycles. The predicted molar refractivity (Wildman–Crippen MR) is 66.1 cm³/mol. The minimum absolute atomic E-state index is 0.203. The zero-order chi connectivity index (χ0) is 12.6. The minimum atomic E-state index is -0.392. The standard InChI is InChI=1S/C12H12BrFN2O/c1-12(2,3)11-16-15-10(17-11)7-5-4-6-8(13)9(7)14/h4-6H,1-3H3. The van der Waals surface area contributed by atoms with Crippen LogP contribution in [0, 0.1) is 5.82 Å². The molecule has 90 valence electrons. The molecule has 5 heteroatoms. The van der Waals surface area contributed by atoms with Gasteiger partial charge in [-0.1, -0.05) is 26.8 Å². The average molecular weight is 299 g/mol. The van der Waals surface area contributed by atoms with Crippen molar-refractivity contribution in [3.63, 3.8) is 0 Å². The molecule has 0 atom stereocenters. The highest BCUT2D eigenvalue weighted by atomic mass is 79.9. The number of hydrogen-bond donors (Lipinski definition) is 0. The van der Waals surface area contributed by atoms with Crippen molar-refractivity contribution in [3.05, 3.63) is 34.4 Å². The Hall–Kier alpha value is -1.23. The zero-order valence-electron chi connectivity index (χ0n) is 9.79. The lowest BCUT2D eigenvalue weighted by Gasteiger charge is -2.11. The second-order valence-corrected chi connectivity index (χ2v) is 5.62. The molecule has 1 aromatic heterocycles. The summed E-state index contributed by atoms with van der Waals surface area (Å²) in [4.78, 5) is 0. The average Bonchev–Trinajstić information content (AvgIpc) is 2.70. The number of hydrogen-bond acceptors (Lipinski definition) is 3. The second kappa shape index (κ2) is 4.22. The van der Waals surface area contributed by atoms with E-state index in [1.807, 2.05) is 20.8 Å². The third-order valence-corrected chi connectivity index (χ3v) is 2.86. The van der Waals surface area contributed by atoms with Gasteiger partial charge in [0.25, 0.3) is 5.89 Å². The Labute approximate surface area is 107 Å². The molecule has 0 radical (unpaired) electrons. The third kappa shape index (κ3) is 2.39. The summed E-state index contributed by atoms with van der Waals surface area (Å²) in [5.41, 5.74) is 0.0654. The summed E-state index contributed by atoms with van der Waals surface area (Å²) in [5.74, 6) is 0.303. The van der Waals surface area contributed by atoms with E-state index in [0.717, 1.165) is 0 Å². The molecular formula is C12H12BrFN2O. The maximum absolute atomic E-state index is 13.8. The molecule has 0 aliphatic rings. The molecule has 0 bridgehead atoms. The summed E-state index contributed by atoms with van der Waals surface area (Å²) in [6.45, 7) is 5.88. The molecule has 0 saturated carbocycles. The summed E-state index contributed by atoms with van der Waals surface area (Å²) < 4.78 is 19.7. The Morgan fingerprint density at radius 3 is 2.53 bits per heavy atom. The van der Waals surface area contributed by atoms with Crippen molar-refractivity contribution in [2.45, 2.75) is 26.2 Å². The Kier molecular flexibility index (Phi) is 3.03. The Morgan fingerprint density at radius 2 is 1.94 bits per heavy atom. The first kappa shape index (κ1) is 12.2. The van der Waals surface area contributed by atoms with E-state index in [1.54, 1.807) is 18.2 Å². The van der Waals surface area contributed by atoms with Crippen LogP contribution in [-0.4, -0.2) is 10.2 Å². The lowest BCUT2D eigenvalue weighted by atomic mass is 9.97. The highest BCUT2D eigenvalue weighted by molar-refractivity contribution is 9.10. The van der Waals surface area contributed by atoms with Crippen LogP contribution < -0.4 is 0 Å². The summed E-state index contributed by atoms with van der Waals surface area (Å²) in [6.07, 6.45) is 0. The highest BCUT2D eigenvalue weighted by Gasteiger charge is 2.23. The highest BCUT2D eigenvalue weighted by Crippen LogP contribution is 2.29. The van der Waals surface area contributed by atoms with E-state index in [4.69, 9.17) is 4.42 Å². The largest absolute Gasteiger partial charge is 0.420 e. The van der Waals surface area contributed by atoms with Gasteiger partial charge >= 0.3 is 0 Å². The lowest BCUT2D eigenvalue weighted by Crippen LogP contribution is -2.11. The number of halogens is 2. The summed E-state index contributed by atoms with van der Waals surface area (Å²) >= 11 is 3.12. The zero-order valence-corrected chi connectivity index (χ0v) is 11.4. The molecule has 0 aliphatic heterocycles. The second-order valence-electron chi connectivity index (χ2n) is 4.76. The minimum Gasteiger partial charge on any atom is -0.420 e. The lowest BCUT2D eigenvalue weighted by molar-refractivity contribution is 0.398. The molecular weight excluding hydrogens is 287 g/mol. The van der Waals surface area contributed by atoms with E-state index >= 15 is 0 Å². The van der Waals surface area contributed by atoms with E-state index in [1.165, 1.54) is 0 Å². The monoisotopic (exact) mass is 298 g/mol. The van der Waals surface area contributed by atoms with Crippen molar-refractivity contribution >= 4 is 15.9 Å². The van der Waals surface area contributed by atoms with Crippen LogP contribution in [0.15, 0.2) is 27.1 Å². The van der Waals surface area contributed by atoms with Crippen molar-refractivity contribution < 1.29 is 8.81 Å². The number of rotatable bonds is 1. The van der Waals surface area contributed by atoms with Crippen LogP contribution in [0.1, 0.15) is 26.7 Å². The molecule has 2 rings (SSSR count). The smallest absolute Gasteiger partial charge is 0.250 e. The fourth-order valence-electron chi connectivity index (χ4n) is 1.30. The van der Waals surface area contributed by atoms with Crippen LogP contribution in [0.25, 0.3) is 11.5 Å². The Balaban J connectivity index is 2.48. The number of benzene rings is 1. The first-order valence-electron chi connectivity index (χ1n) is 5.18. The molecule has 2 aromatic rings. The molecule has 0 fully saturated rings. The molecule has 17 heavy (non-hydrogen) atoms. The van der Waals surface area contributed by atoms with E-state index in [0.29, 0.717) is 15.9 Å². The van der Waals surface area contributed by atoms with Gasteiger partial charge in [-0.05, 0) is 28.1 Å². The van der Waals surface area contributed by atoms with Gasteiger partial charge in [0.15, 0.2) is 0 Å².